The van der Waals surface area contributed by atoms with Crippen LogP contribution >= 0.6 is 0 Å². The van der Waals surface area contributed by atoms with Crippen molar-refractivity contribution in [2.75, 3.05) is 5.32 Å². The van der Waals surface area contributed by atoms with Gasteiger partial charge >= 0.3 is 5.97 Å². The number of aromatic nitrogens is 1. The minimum atomic E-state index is -0.899. The van der Waals surface area contributed by atoms with E-state index in [0.29, 0.717) is 23.2 Å². The third-order valence-corrected chi connectivity index (χ3v) is 4.14. The number of hydrogen-bond donors (Lipinski definition) is 1. The number of esters is 1. The van der Waals surface area contributed by atoms with Crippen LogP contribution in [0.3, 0.4) is 0 Å². The maximum absolute atomic E-state index is 12.6. The van der Waals surface area contributed by atoms with Gasteiger partial charge in [0.05, 0.1) is 5.56 Å². The summed E-state index contributed by atoms with van der Waals surface area (Å²) >= 11 is 0. The molecule has 0 fully saturated rings. The number of carbonyl (C=O) groups is 2. The molecule has 26 heavy (non-hydrogen) atoms. The summed E-state index contributed by atoms with van der Waals surface area (Å²) in [6.07, 6.45) is 0.730. The molecule has 1 N–H and O–H groups in total. The van der Waals surface area contributed by atoms with E-state index in [0.717, 1.165) is 11.1 Å². The van der Waals surface area contributed by atoms with E-state index in [1.165, 1.54) is 6.39 Å². The molecular formula is C20H20N2O4. The number of nitrogens with zero attached hydrogens (tertiary/aromatic N) is 1. The van der Waals surface area contributed by atoms with Crippen LogP contribution in [-0.2, 0) is 9.53 Å². The molecule has 0 radical (unpaired) electrons. The standard InChI is InChI=1S/C20H20N2O4/c1-4-16(19(23)22-15-10-12(2)8-9-13(15)3)26-20(24)14-6-5-7-17-18(14)21-11-25-17/h5-11,16H,4H2,1-3H3,(H,22,23). The first-order valence-corrected chi connectivity index (χ1v) is 8.41. The second kappa shape index (κ2) is 7.39. The summed E-state index contributed by atoms with van der Waals surface area (Å²) < 4.78 is 10.6. The van der Waals surface area contributed by atoms with Crippen LogP contribution in [-0.4, -0.2) is 23.0 Å². The summed E-state index contributed by atoms with van der Waals surface area (Å²) in [7, 11) is 0. The van der Waals surface area contributed by atoms with E-state index in [1.54, 1.807) is 25.1 Å². The van der Waals surface area contributed by atoms with E-state index >= 15 is 0 Å². The maximum Gasteiger partial charge on any atom is 0.341 e. The fourth-order valence-corrected chi connectivity index (χ4v) is 2.65. The lowest BCUT2D eigenvalue weighted by molar-refractivity contribution is -0.124. The van der Waals surface area contributed by atoms with E-state index in [1.807, 2.05) is 32.0 Å². The Labute approximate surface area is 151 Å². The molecule has 1 unspecified atom stereocenters. The number of ether oxygens (including phenoxy) is 1. The molecule has 0 aliphatic heterocycles. The number of rotatable bonds is 5. The Kier molecular flexibility index (Phi) is 5.02. The zero-order valence-corrected chi connectivity index (χ0v) is 14.9. The smallest absolute Gasteiger partial charge is 0.341 e. The molecule has 1 atom stereocenters. The molecule has 2 aromatic carbocycles. The number of nitrogens with one attached hydrogen (secondary N) is 1. The van der Waals surface area contributed by atoms with Gasteiger partial charge in [0.1, 0.15) is 5.52 Å². The Morgan fingerprint density at radius 3 is 2.81 bits per heavy atom. The molecule has 0 bridgehead atoms. The second-order valence-electron chi connectivity index (χ2n) is 6.11. The highest BCUT2D eigenvalue weighted by molar-refractivity contribution is 6.03. The Balaban J connectivity index is 1.76. The molecule has 1 aromatic heterocycles. The number of aryl methyl sites for hydroxylation is 2. The first-order chi connectivity index (χ1) is 12.5. The SMILES string of the molecule is CCC(OC(=O)c1cccc2ocnc12)C(=O)Nc1cc(C)ccc1C. The molecule has 0 aliphatic carbocycles. The lowest BCUT2D eigenvalue weighted by Crippen LogP contribution is -2.32. The molecular weight excluding hydrogens is 332 g/mol. The second-order valence-corrected chi connectivity index (χ2v) is 6.11. The molecule has 3 rings (SSSR count). The number of oxazole rings is 1. The number of amides is 1. The normalized spacial score (nSPS) is 12.0. The van der Waals surface area contributed by atoms with Crippen LogP contribution in [0.25, 0.3) is 11.1 Å². The van der Waals surface area contributed by atoms with Crippen LogP contribution in [0.15, 0.2) is 47.2 Å². The van der Waals surface area contributed by atoms with Gasteiger partial charge in [-0.3, -0.25) is 4.79 Å². The van der Waals surface area contributed by atoms with Crippen molar-refractivity contribution in [3.8, 4) is 0 Å². The Bertz CT molecular complexity index is 961. The van der Waals surface area contributed by atoms with Crippen molar-refractivity contribution in [3.05, 3.63) is 59.5 Å². The summed E-state index contributed by atoms with van der Waals surface area (Å²) in [4.78, 5) is 29.1. The van der Waals surface area contributed by atoms with E-state index < -0.39 is 12.1 Å². The van der Waals surface area contributed by atoms with Gasteiger partial charge in [-0.1, -0.05) is 25.1 Å². The fraction of sp³-hybridized carbons (Fsp3) is 0.250. The summed E-state index contributed by atoms with van der Waals surface area (Å²) in [6.45, 7) is 5.65. The highest BCUT2D eigenvalue weighted by Crippen LogP contribution is 2.20. The largest absolute Gasteiger partial charge is 0.449 e. The monoisotopic (exact) mass is 352 g/mol. The average molecular weight is 352 g/mol. The van der Waals surface area contributed by atoms with Crippen molar-refractivity contribution in [1.29, 1.82) is 0 Å². The number of para-hydroxylation sites is 1. The van der Waals surface area contributed by atoms with E-state index in [-0.39, 0.29) is 11.5 Å². The molecule has 6 heteroatoms. The number of carbonyl (C=O) groups excluding carboxylic acids is 2. The third-order valence-electron chi connectivity index (χ3n) is 4.14. The summed E-state index contributed by atoms with van der Waals surface area (Å²) in [5.41, 5.74) is 3.87. The quantitative estimate of drug-likeness (QED) is 0.702. The van der Waals surface area contributed by atoms with Gasteiger partial charge in [-0.05, 0) is 49.6 Å². The molecule has 0 aliphatic rings. The number of fused-ring (bicyclic) bond motifs is 1. The Hall–Kier alpha value is -3.15. The molecule has 0 saturated carbocycles. The number of hydrogen-bond acceptors (Lipinski definition) is 5. The molecule has 3 aromatic rings. The molecule has 6 nitrogen and oxygen atoms in total. The molecule has 1 heterocycles. The lowest BCUT2D eigenvalue weighted by Gasteiger charge is -2.17. The lowest BCUT2D eigenvalue weighted by atomic mass is 10.1. The topological polar surface area (TPSA) is 81.4 Å². The van der Waals surface area contributed by atoms with Gasteiger partial charge in [-0.25, -0.2) is 9.78 Å². The van der Waals surface area contributed by atoms with Crippen LogP contribution in [0.4, 0.5) is 5.69 Å². The predicted molar refractivity (Wildman–Crippen MR) is 98.0 cm³/mol. The van der Waals surface area contributed by atoms with E-state index in [9.17, 15) is 9.59 Å². The van der Waals surface area contributed by atoms with Gasteiger partial charge in [0, 0.05) is 5.69 Å². The molecule has 0 spiro atoms. The predicted octanol–water partition coefficient (Wildman–Crippen LogP) is 4.02. The molecule has 134 valence electrons. The summed E-state index contributed by atoms with van der Waals surface area (Å²) in [5.74, 6) is -0.964. The summed E-state index contributed by atoms with van der Waals surface area (Å²) in [6, 6.07) is 10.8. The van der Waals surface area contributed by atoms with Gasteiger partial charge in [0.2, 0.25) is 0 Å². The van der Waals surface area contributed by atoms with Crippen molar-refractivity contribution in [2.24, 2.45) is 0 Å². The molecule has 0 saturated heterocycles. The van der Waals surface area contributed by atoms with Crippen LogP contribution in [0.1, 0.15) is 34.8 Å². The summed E-state index contributed by atoms with van der Waals surface area (Å²) in [5, 5.41) is 2.84. The first kappa shape index (κ1) is 17.7. The Morgan fingerprint density at radius 1 is 1.23 bits per heavy atom. The van der Waals surface area contributed by atoms with Crippen molar-refractivity contribution in [1.82, 2.24) is 4.98 Å². The highest BCUT2D eigenvalue weighted by Gasteiger charge is 2.24. The third kappa shape index (κ3) is 3.59. The van der Waals surface area contributed by atoms with Crippen LogP contribution in [0.2, 0.25) is 0 Å². The van der Waals surface area contributed by atoms with Crippen LogP contribution in [0.5, 0.6) is 0 Å². The van der Waals surface area contributed by atoms with E-state index in [2.05, 4.69) is 10.3 Å². The average Bonchev–Trinajstić information content (AvgIpc) is 3.11. The zero-order valence-electron chi connectivity index (χ0n) is 14.9. The Morgan fingerprint density at radius 2 is 2.04 bits per heavy atom. The van der Waals surface area contributed by atoms with Gasteiger partial charge < -0.3 is 14.5 Å². The van der Waals surface area contributed by atoms with Gasteiger partial charge in [-0.2, -0.15) is 0 Å². The fourth-order valence-electron chi connectivity index (χ4n) is 2.65. The van der Waals surface area contributed by atoms with Gasteiger partial charge in [0.15, 0.2) is 18.1 Å². The number of anilines is 1. The van der Waals surface area contributed by atoms with Crippen LogP contribution < -0.4 is 5.32 Å². The molecule has 1 amide bonds. The van der Waals surface area contributed by atoms with Crippen molar-refractivity contribution in [3.63, 3.8) is 0 Å². The van der Waals surface area contributed by atoms with Crippen molar-refractivity contribution >= 4 is 28.7 Å². The van der Waals surface area contributed by atoms with E-state index in [4.69, 9.17) is 9.15 Å². The van der Waals surface area contributed by atoms with Crippen LogP contribution in [0, 0.1) is 13.8 Å². The minimum absolute atomic E-state index is 0.272. The van der Waals surface area contributed by atoms with Gasteiger partial charge in [0.25, 0.3) is 5.91 Å². The zero-order chi connectivity index (χ0) is 18.7. The first-order valence-electron chi connectivity index (χ1n) is 8.41. The minimum Gasteiger partial charge on any atom is -0.449 e. The van der Waals surface area contributed by atoms with Crippen molar-refractivity contribution in [2.45, 2.75) is 33.3 Å². The van der Waals surface area contributed by atoms with Crippen molar-refractivity contribution < 1.29 is 18.7 Å². The van der Waals surface area contributed by atoms with Gasteiger partial charge in [-0.15, -0.1) is 0 Å². The number of benzene rings is 2. The maximum atomic E-state index is 12.6. The highest BCUT2D eigenvalue weighted by atomic mass is 16.5.